The van der Waals surface area contributed by atoms with E-state index in [1.807, 2.05) is 68.4 Å². The van der Waals surface area contributed by atoms with E-state index in [9.17, 15) is 9.59 Å². The van der Waals surface area contributed by atoms with Crippen LogP contribution in [-0.4, -0.2) is 35.4 Å². The zero-order valence-electron chi connectivity index (χ0n) is 19.2. The summed E-state index contributed by atoms with van der Waals surface area (Å²) in [5.74, 6) is -0.0860. The monoisotopic (exact) mass is 542 g/mol. The van der Waals surface area contributed by atoms with Crippen LogP contribution in [0.15, 0.2) is 83.3 Å². The van der Waals surface area contributed by atoms with Crippen LogP contribution in [0.1, 0.15) is 25.0 Å². The van der Waals surface area contributed by atoms with Gasteiger partial charge in [-0.15, -0.1) is 0 Å². The zero-order valence-corrected chi connectivity index (χ0v) is 21.6. The number of rotatable bonds is 10. The molecule has 2 amide bonds. The van der Waals surface area contributed by atoms with Gasteiger partial charge in [-0.2, -0.15) is 0 Å². The molecule has 0 aliphatic rings. The first-order valence-electron chi connectivity index (χ1n) is 11.1. The molecule has 0 aliphatic heterocycles. The summed E-state index contributed by atoms with van der Waals surface area (Å²) in [6.45, 7) is 3.83. The Balaban J connectivity index is 1.91. The Morgan fingerprint density at radius 3 is 2.24 bits per heavy atom. The summed E-state index contributed by atoms with van der Waals surface area (Å²) in [6.07, 6.45) is 0.383. The number of carbonyl (C=O) groups is 2. The highest BCUT2D eigenvalue weighted by Crippen LogP contribution is 2.24. The molecule has 0 heterocycles. The maximum atomic E-state index is 13.5. The van der Waals surface area contributed by atoms with Crippen LogP contribution in [0.4, 0.5) is 0 Å². The molecule has 3 aromatic carbocycles. The van der Waals surface area contributed by atoms with E-state index in [2.05, 4.69) is 21.2 Å². The summed E-state index contributed by atoms with van der Waals surface area (Å²) in [5.41, 5.74) is 1.87. The van der Waals surface area contributed by atoms with Crippen LogP contribution in [-0.2, 0) is 22.6 Å². The fourth-order valence-corrected chi connectivity index (χ4v) is 3.96. The third-order valence-electron chi connectivity index (χ3n) is 5.16. The predicted octanol–water partition coefficient (Wildman–Crippen LogP) is 5.65. The zero-order chi connectivity index (χ0) is 24.5. The Labute approximate surface area is 214 Å². The molecule has 0 bridgehead atoms. The van der Waals surface area contributed by atoms with Crippen LogP contribution in [0.25, 0.3) is 0 Å². The van der Waals surface area contributed by atoms with Crippen molar-refractivity contribution >= 4 is 39.3 Å². The quantitative estimate of drug-likeness (QED) is 0.360. The molecule has 0 fully saturated rings. The molecule has 1 atom stereocenters. The lowest BCUT2D eigenvalue weighted by Gasteiger charge is -2.32. The normalized spacial score (nSPS) is 11.7. The van der Waals surface area contributed by atoms with Gasteiger partial charge in [0.2, 0.25) is 5.91 Å². The number of halogens is 2. The number of nitrogens with one attached hydrogen (secondary N) is 1. The first-order valence-corrected chi connectivity index (χ1v) is 12.3. The average Bonchev–Trinajstić information content (AvgIpc) is 2.82. The highest BCUT2D eigenvalue weighted by molar-refractivity contribution is 9.10. The highest BCUT2D eigenvalue weighted by atomic mass is 79.9. The summed E-state index contributed by atoms with van der Waals surface area (Å²) in [6, 6.07) is 23.6. The van der Waals surface area contributed by atoms with Gasteiger partial charge in [-0.25, -0.2) is 0 Å². The van der Waals surface area contributed by atoms with Crippen LogP contribution in [0.3, 0.4) is 0 Å². The molecule has 3 aromatic rings. The van der Waals surface area contributed by atoms with Crippen molar-refractivity contribution in [3.63, 3.8) is 0 Å². The molecule has 178 valence electrons. The van der Waals surface area contributed by atoms with E-state index in [0.717, 1.165) is 15.6 Å². The van der Waals surface area contributed by atoms with E-state index in [4.69, 9.17) is 16.3 Å². The van der Waals surface area contributed by atoms with Crippen molar-refractivity contribution in [1.29, 1.82) is 0 Å². The van der Waals surface area contributed by atoms with E-state index in [-0.39, 0.29) is 31.0 Å². The molecule has 0 saturated carbocycles. The van der Waals surface area contributed by atoms with Crippen LogP contribution >= 0.6 is 27.5 Å². The minimum atomic E-state index is -0.712. The van der Waals surface area contributed by atoms with Crippen LogP contribution in [0.5, 0.6) is 5.75 Å². The summed E-state index contributed by atoms with van der Waals surface area (Å²) in [4.78, 5) is 28.4. The third kappa shape index (κ3) is 7.61. The number of benzene rings is 3. The Kier molecular flexibility index (Phi) is 9.54. The summed E-state index contributed by atoms with van der Waals surface area (Å²) >= 11 is 9.64. The minimum Gasteiger partial charge on any atom is -0.482 e. The topological polar surface area (TPSA) is 58.6 Å². The van der Waals surface area contributed by atoms with E-state index >= 15 is 0 Å². The third-order valence-corrected chi connectivity index (χ3v) is 6.00. The first kappa shape index (κ1) is 25.8. The number of ether oxygens (including phenoxy) is 1. The number of hydrogen-bond donors (Lipinski definition) is 1. The van der Waals surface area contributed by atoms with Crippen molar-refractivity contribution in [3.8, 4) is 5.75 Å². The van der Waals surface area contributed by atoms with E-state index in [0.29, 0.717) is 17.2 Å². The van der Waals surface area contributed by atoms with Gasteiger partial charge in [-0.05, 0) is 49.2 Å². The Morgan fingerprint density at radius 1 is 0.941 bits per heavy atom. The summed E-state index contributed by atoms with van der Waals surface area (Å²) in [5, 5.41) is 3.40. The predicted molar refractivity (Wildman–Crippen MR) is 139 cm³/mol. The van der Waals surface area contributed by atoms with Crippen molar-refractivity contribution in [2.75, 3.05) is 6.61 Å². The molecule has 5 nitrogen and oxygen atoms in total. The second-order valence-corrected chi connectivity index (χ2v) is 9.56. The van der Waals surface area contributed by atoms with Gasteiger partial charge in [0, 0.05) is 23.5 Å². The molecule has 0 radical (unpaired) electrons. The number of carbonyl (C=O) groups excluding carboxylic acids is 2. The Bertz CT molecular complexity index is 1090. The Hall–Kier alpha value is -2.83. The van der Waals surface area contributed by atoms with Gasteiger partial charge in [0.1, 0.15) is 11.8 Å². The lowest BCUT2D eigenvalue weighted by atomic mass is 10.0. The van der Waals surface area contributed by atoms with Gasteiger partial charge in [0.15, 0.2) is 6.61 Å². The van der Waals surface area contributed by atoms with Crippen molar-refractivity contribution in [2.45, 2.75) is 38.9 Å². The second-order valence-electron chi connectivity index (χ2n) is 8.24. The van der Waals surface area contributed by atoms with Crippen molar-refractivity contribution in [1.82, 2.24) is 10.2 Å². The van der Waals surface area contributed by atoms with Crippen LogP contribution in [0.2, 0.25) is 5.02 Å². The maximum absolute atomic E-state index is 13.5. The molecule has 1 N–H and O–H groups in total. The van der Waals surface area contributed by atoms with Gasteiger partial charge in [-0.1, -0.05) is 82.1 Å². The molecule has 0 spiro atoms. The first-order chi connectivity index (χ1) is 16.3. The number of hydrogen-bond acceptors (Lipinski definition) is 3. The molecule has 7 heteroatoms. The van der Waals surface area contributed by atoms with Crippen molar-refractivity contribution in [3.05, 3.63) is 99.5 Å². The number of amides is 2. The van der Waals surface area contributed by atoms with E-state index < -0.39 is 6.04 Å². The van der Waals surface area contributed by atoms with Gasteiger partial charge in [-0.3, -0.25) is 9.59 Å². The minimum absolute atomic E-state index is 0.0604. The van der Waals surface area contributed by atoms with Crippen molar-refractivity contribution in [2.24, 2.45) is 0 Å². The standard InChI is InChI=1S/C27H28BrClN2O3/c1-19(2)30-27(33)24(16-20-8-4-3-5-9-20)31(17-21-12-14-22(28)15-13-21)26(32)18-34-25-11-7-6-10-23(25)29/h3-15,19,24H,16-18H2,1-2H3,(H,30,33)/t24-/m1/s1. The number of nitrogens with zero attached hydrogens (tertiary/aromatic N) is 1. The maximum Gasteiger partial charge on any atom is 0.261 e. The van der Waals surface area contributed by atoms with Crippen molar-refractivity contribution < 1.29 is 14.3 Å². The molecule has 0 unspecified atom stereocenters. The Morgan fingerprint density at radius 2 is 1.59 bits per heavy atom. The lowest BCUT2D eigenvalue weighted by molar-refractivity contribution is -0.143. The van der Waals surface area contributed by atoms with E-state index in [1.165, 1.54) is 0 Å². The molecule has 34 heavy (non-hydrogen) atoms. The average molecular weight is 544 g/mol. The lowest BCUT2D eigenvalue weighted by Crippen LogP contribution is -2.52. The van der Waals surface area contributed by atoms with E-state index in [1.54, 1.807) is 29.2 Å². The largest absolute Gasteiger partial charge is 0.482 e. The fourth-order valence-electron chi connectivity index (χ4n) is 3.51. The smallest absolute Gasteiger partial charge is 0.261 e. The SMILES string of the molecule is CC(C)NC(=O)[C@@H](Cc1ccccc1)N(Cc1ccc(Br)cc1)C(=O)COc1ccccc1Cl. The van der Waals surface area contributed by atoms with Gasteiger partial charge in [0.25, 0.3) is 5.91 Å². The van der Waals surface area contributed by atoms with Gasteiger partial charge >= 0.3 is 0 Å². The molecule has 3 rings (SSSR count). The molecule has 0 aromatic heterocycles. The number of para-hydroxylation sites is 1. The summed E-state index contributed by atoms with van der Waals surface area (Å²) < 4.78 is 6.67. The van der Waals surface area contributed by atoms with Crippen LogP contribution in [0, 0.1) is 0 Å². The van der Waals surface area contributed by atoms with Gasteiger partial charge < -0.3 is 15.0 Å². The second kappa shape index (κ2) is 12.6. The van der Waals surface area contributed by atoms with Crippen LogP contribution < -0.4 is 10.1 Å². The highest BCUT2D eigenvalue weighted by Gasteiger charge is 2.31. The van der Waals surface area contributed by atoms with Gasteiger partial charge in [0.05, 0.1) is 5.02 Å². The molecular weight excluding hydrogens is 516 g/mol. The molecule has 0 aliphatic carbocycles. The molecular formula is C27H28BrClN2O3. The summed E-state index contributed by atoms with van der Waals surface area (Å²) in [7, 11) is 0. The molecule has 0 saturated heterocycles. The fraction of sp³-hybridized carbons (Fsp3) is 0.259.